The smallest absolute Gasteiger partial charge is 0.324 e. The maximum atomic E-state index is 13.4. The van der Waals surface area contributed by atoms with Gasteiger partial charge in [-0.3, -0.25) is 13.9 Å². The van der Waals surface area contributed by atoms with Crippen LogP contribution in [0.5, 0.6) is 0 Å². The Morgan fingerprint density at radius 1 is 0.912 bits per heavy atom. The molecule has 0 aromatic heterocycles. The number of carbonyl (C=O) groups is 2. The lowest BCUT2D eigenvalue weighted by Crippen LogP contribution is -2.38. The number of hydrogen-bond acceptors (Lipinski definition) is 4. The molecule has 1 amide bonds. The van der Waals surface area contributed by atoms with Crippen LogP contribution in [0.15, 0.2) is 77.7 Å². The van der Waals surface area contributed by atoms with Gasteiger partial charge in [0.15, 0.2) is 5.78 Å². The minimum absolute atomic E-state index is 0.0739. The summed E-state index contributed by atoms with van der Waals surface area (Å²) in [6.45, 7) is 2.34. The van der Waals surface area contributed by atoms with Crippen LogP contribution in [0.1, 0.15) is 28.4 Å². The molecule has 0 atom stereocenters. The zero-order chi connectivity index (χ0) is 25.1. The molecule has 3 aromatic rings. The number of Topliss-reactive ketones (excluding diaryl/α,β-unsaturated/α-hetero) is 1. The van der Waals surface area contributed by atoms with Crippen molar-refractivity contribution in [3.63, 3.8) is 0 Å². The molecule has 1 N–H and O–H groups in total. The monoisotopic (exact) mass is 490 g/mol. The number of rotatable bonds is 7. The second kappa shape index (κ2) is 9.68. The Balaban J connectivity index is 1.98. The number of hydrogen-bond donors (Lipinski definition) is 1. The largest absolute Gasteiger partial charge is 0.418 e. The second-order valence-corrected chi connectivity index (χ2v) is 9.38. The lowest BCUT2D eigenvalue weighted by atomic mass is 10.1. The van der Waals surface area contributed by atoms with Crippen LogP contribution in [0.4, 0.5) is 24.5 Å². The van der Waals surface area contributed by atoms with Gasteiger partial charge in [0.05, 0.1) is 21.8 Å². The van der Waals surface area contributed by atoms with E-state index < -0.39 is 39.9 Å². The van der Waals surface area contributed by atoms with E-state index >= 15 is 0 Å². The summed E-state index contributed by atoms with van der Waals surface area (Å²) in [4.78, 5) is 24.2. The summed E-state index contributed by atoms with van der Waals surface area (Å²) in [7, 11) is -4.26. The average Bonchev–Trinajstić information content (AvgIpc) is 2.77. The lowest BCUT2D eigenvalue weighted by Gasteiger charge is -2.24. The number of benzene rings is 3. The highest BCUT2D eigenvalue weighted by Gasteiger charge is 2.34. The molecule has 0 saturated carbocycles. The van der Waals surface area contributed by atoms with E-state index in [1.165, 1.54) is 55.5 Å². The number of carbonyl (C=O) groups excluding carboxylic acids is 2. The molecule has 0 radical (unpaired) electrons. The zero-order valence-corrected chi connectivity index (χ0v) is 19.1. The first kappa shape index (κ1) is 25.0. The van der Waals surface area contributed by atoms with Gasteiger partial charge < -0.3 is 5.32 Å². The first-order valence-corrected chi connectivity index (χ1v) is 11.5. The summed E-state index contributed by atoms with van der Waals surface area (Å²) in [6, 6.07) is 15.9. The number of ketones is 1. The normalized spacial score (nSPS) is 11.7. The van der Waals surface area contributed by atoms with E-state index in [0.29, 0.717) is 5.56 Å². The van der Waals surface area contributed by atoms with Gasteiger partial charge in [0, 0.05) is 5.56 Å². The Bertz CT molecular complexity index is 1300. The van der Waals surface area contributed by atoms with Crippen LogP contribution in [0.3, 0.4) is 0 Å². The standard InChI is InChI=1S/C24H21F3N2O4S/c1-16-7-13-20(14-8-16)34(32,33)29(19-11-9-18(10-12-19)17(2)30)15-23(31)28-22-6-4-3-5-21(22)24(25,26)27/h3-14H,15H2,1-2H3,(H,28,31). The van der Waals surface area contributed by atoms with Crippen molar-refractivity contribution in [1.29, 1.82) is 0 Å². The van der Waals surface area contributed by atoms with E-state index in [-0.39, 0.29) is 16.4 Å². The SMILES string of the molecule is CC(=O)c1ccc(N(CC(=O)Nc2ccccc2C(F)(F)F)S(=O)(=O)c2ccc(C)cc2)cc1. The molecule has 0 heterocycles. The highest BCUT2D eigenvalue weighted by molar-refractivity contribution is 7.92. The first-order valence-electron chi connectivity index (χ1n) is 10.1. The molecule has 0 aliphatic carbocycles. The van der Waals surface area contributed by atoms with Crippen molar-refractivity contribution in [3.8, 4) is 0 Å². The van der Waals surface area contributed by atoms with Gasteiger partial charge in [0.25, 0.3) is 10.0 Å². The fourth-order valence-corrected chi connectivity index (χ4v) is 4.60. The quantitative estimate of drug-likeness (QED) is 0.470. The molecule has 0 saturated heterocycles. The molecule has 178 valence electrons. The predicted molar refractivity (Wildman–Crippen MR) is 122 cm³/mol. The van der Waals surface area contributed by atoms with E-state index in [4.69, 9.17) is 0 Å². The van der Waals surface area contributed by atoms with Crippen molar-refractivity contribution in [2.24, 2.45) is 0 Å². The number of nitrogens with one attached hydrogen (secondary N) is 1. The van der Waals surface area contributed by atoms with Gasteiger partial charge in [-0.25, -0.2) is 8.42 Å². The van der Waals surface area contributed by atoms with Gasteiger partial charge in [-0.15, -0.1) is 0 Å². The van der Waals surface area contributed by atoms with E-state index in [9.17, 15) is 31.2 Å². The molecule has 6 nitrogen and oxygen atoms in total. The van der Waals surface area contributed by atoms with Crippen LogP contribution >= 0.6 is 0 Å². The molecule has 10 heteroatoms. The summed E-state index contributed by atoms with van der Waals surface area (Å²) in [5.74, 6) is -1.20. The van der Waals surface area contributed by atoms with Gasteiger partial charge in [-0.1, -0.05) is 29.8 Å². The fourth-order valence-electron chi connectivity index (χ4n) is 3.17. The van der Waals surface area contributed by atoms with Crippen LogP contribution in [0, 0.1) is 6.92 Å². The first-order chi connectivity index (χ1) is 15.9. The Morgan fingerprint density at radius 2 is 1.50 bits per heavy atom. The molecule has 0 aliphatic heterocycles. The van der Waals surface area contributed by atoms with Crippen molar-refractivity contribution >= 4 is 33.1 Å². The topological polar surface area (TPSA) is 83.6 Å². The number of para-hydroxylation sites is 1. The molecule has 0 spiro atoms. The minimum Gasteiger partial charge on any atom is -0.324 e. The van der Waals surface area contributed by atoms with Gasteiger partial charge >= 0.3 is 6.18 Å². The van der Waals surface area contributed by atoms with Gasteiger partial charge in [-0.05, 0) is 62.4 Å². The van der Waals surface area contributed by atoms with Crippen molar-refractivity contribution in [2.45, 2.75) is 24.9 Å². The molecule has 0 aliphatic rings. The molecule has 0 bridgehead atoms. The van der Waals surface area contributed by atoms with Gasteiger partial charge in [0.2, 0.25) is 5.91 Å². The predicted octanol–water partition coefficient (Wildman–Crippen LogP) is 5.05. The van der Waals surface area contributed by atoms with Crippen LogP contribution in [0.25, 0.3) is 0 Å². The third-order valence-corrected chi connectivity index (χ3v) is 6.75. The summed E-state index contributed by atoms with van der Waals surface area (Å²) in [6.07, 6.45) is -4.71. The van der Waals surface area contributed by atoms with E-state index in [2.05, 4.69) is 5.32 Å². The van der Waals surface area contributed by atoms with Gasteiger partial charge in [0.1, 0.15) is 6.54 Å². The number of halogens is 3. The average molecular weight is 491 g/mol. The summed E-state index contributed by atoms with van der Waals surface area (Å²) in [5.41, 5.74) is -0.315. The Kier molecular flexibility index (Phi) is 7.11. The van der Waals surface area contributed by atoms with E-state index in [0.717, 1.165) is 22.0 Å². The number of sulfonamides is 1. The molecule has 0 unspecified atom stereocenters. The van der Waals surface area contributed by atoms with Gasteiger partial charge in [-0.2, -0.15) is 13.2 Å². The maximum absolute atomic E-state index is 13.4. The van der Waals surface area contributed by atoms with Crippen LogP contribution < -0.4 is 9.62 Å². The third kappa shape index (κ3) is 5.63. The van der Waals surface area contributed by atoms with Crippen molar-refractivity contribution < 1.29 is 31.2 Å². The number of alkyl halides is 3. The molecular weight excluding hydrogens is 469 g/mol. The van der Waals surface area contributed by atoms with Crippen LogP contribution in [-0.4, -0.2) is 26.7 Å². The van der Waals surface area contributed by atoms with E-state index in [1.54, 1.807) is 19.1 Å². The Labute approximate surface area is 195 Å². The highest BCUT2D eigenvalue weighted by atomic mass is 32.2. The van der Waals surface area contributed by atoms with Crippen molar-refractivity contribution in [2.75, 3.05) is 16.2 Å². The number of anilines is 2. The molecule has 3 rings (SSSR count). The second-order valence-electron chi connectivity index (χ2n) is 7.52. The van der Waals surface area contributed by atoms with Crippen LogP contribution in [-0.2, 0) is 21.0 Å². The third-order valence-electron chi connectivity index (χ3n) is 4.96. The van der Waals surface area contributed by atoms with E-state index in [1.807, 2.05) is 0 Å². The Morgan fingerprint density at radius 3 is 2.06 bits per heavy atom. The van der Waals surface area contributed by atoms with Crippen LogP contribution in [0.2, 0.25) is 0 Å². The number of aryl methyl sites for hydroxylation is 1. The molecule has 3 aromatic carbocycles. The molecular formula is C24H21F3N2O4S. The summed E-state index contributed by atoms with van der Waals surface area (Å²) >= 11 is 0. The fraction of sp³-hybridized carbons (Fsp3) is 0.167. The maximum Gasteiger partial charge on any atom is 0.418 e. The number of amides is 1. The zero-order valence-electron chi connectivity index (χ0n) is 18.3. The molecule has 0 fully saturated rings. The number of nitrogens with zero attached hydrogens (tertiary/aromatic N) is 1. The molecule has 34 heavy (non-hydrogen) atoms. The minimum atomic E-state index is -4.71. The highest BCUT2D eigenvalue weighted by Crippen LogP contribution is 2.34. The summed E-state index contributed by atoms with van der Waals surface area (Å²) in [5, 5.41) is 2.16. The lowest BCUT2D eigenvalue weighted by molar-refractivity contribution is -0.137. The Hall–Kier alpha value is -3.66. The van der Waals surface area contributed by atoms with Crippen molar-refractivity contribution in [1.82, 2.24) is 0 Å². The summed E-state index contributed by atoms with van der Waals surface area (Å²) < 4.78 is 67.4. The van der Waals surface area contributed by atoms with Crippen molar-refractivity contribution in [3.05, 3.63) is 89.5 Å².